The first-order valence-electron chi connectivity index (χ1n) is 8.56. The number of para-hydroxylation sites is 1. The summed E-state index contributed by atoms with van der Waals surface area (Å²) < 4.78 is 1.63. The van der Waals surface area contributed by atoms with Crippen molar-refractivity contribution >= 4 is 23.1 Å². The molecule has 1 fully saturated rings. The summed E-state index contributed by atoms with van der Waals surface area (Å²) in [4.78, 5) is 29.6. The van der Waals surface area contributed by atoms with Gasteiger partial charge < -0.3 is 10.6 Å². The van der Waals surface area contributed by atoms with Gasteiger partial charge in [0.1, 0.15) is 5.56 Å². The molecule has 0 spiro atoms. The minimum Gasteiger partial charge on any atom is -0.349 e. The van der Waals surface area contributed by atoms with Gasteiger partial charge >= 0.3 is 0 Å². The molecule has 0 aliphatic heterocycles. The predicted molar refractivity (Wildman–Crippen MR) is 97.3 cm³/mol. The molecule has 1 aliphatic rings. The quantitative estimate of drug-likeness (QED) is 0.757. The average Bonchev–Trinajstić information content (AvgIpc) is 3.31. The average molecular weight is 349 g/mol. The fraction of sp³-hybridized carbons (Fsp3) is 0.263. The number of benzene rings is 1. The Morgan fingerprint density at radius 3 is 2.65 bits per heavy atom. The molecular weight excluding hydrogens is 330 g/mol. The lowest BCUT2D eigenvalue weighted by atomic mass is 10.1. The molecule has 0 bridgehead atoms. The summed E-state index contributed by atoms with van der Waals surface area (Å²) >= 11 is 0. The molecule has 0 atom stereocenters. The molecule has 0 radical (unpaired) electrons. The minimum atomic E-state index is -0.343. The molecule has 26 heavy (non-hydrogen) atoms. The number of rotatable bonds is 4. The number of anilines is 1. The lowest BCUT2D eigenvalue weighted by molar-refractivity contribution is 0.0952. The molecule has 7 nitrogen and oxygen atoms in total. The molecule has 0 unspecified atom stereocenters. The van der Waals surface area contributed by atoms with E-state index in [9.17, 15) is 9.59 Å². The number of aryl methyl sites for hydroxylation is 2. The second kappa shape index (κ2) is 6.25. The lowest BCUT2D eigenvalue weighted by Crippen LogP contribution is -2.27. The number of hydrogen-bond acceptors (Lipinski definition) is 4. The van der Waals surface area contributed by atoms with Crippen LogP contribution in [0.15, 0.2) is 36.5 Å². The number of nitrogens with one attached hydrogen (secondary N) is 2. The van der Waals surface area contributed by atoms with Gasteiger partial charge in [0.25, 0.3) is 11.8 Å². The first-order chi connectivity index (χ1) is 12.5. The van der Waals surface area contributed by atoms with Gasteiger partial charge in [0.05, 0.1) is 17.4 Å². The van der Waals surface area contributed by atoms with E-state index in [2.05, 4.69) is 20.7 Å². The Hall–Kier alpha value is -3.22. The summed E-state index contributed by atoms with van der Waals surface area (Å²) in [5, 5.41) is 10.0. The van der Waals surface area contributed by atoms with Gasteiger partial charge in [0, 0.05) is 17.4 Å². The number of aromatic nitrogens is 3. The minimum absolute atomic E-state index is 0.173. The molecule has 4 rings (SSSR count). The van der Waals surface area contributed by atoms with Crippen molar-refractivity contribution in [3.05, 3.63) is 59.0 Å². The number of hydrogen-bond donors (Lipinski definition) is 2. The fourth-order valence-corrected chi connectivity index (χ4v) is 2.90. The summed E-state index contributed by atoms with van der Waals surface area (Å²) in [7, 11) is 0. The Morgan fingerprint density at radius 1 is 1.12 bits per heavy atom. The Kier molecular flexibility index (Phi) is 3.91. The summed E-state index contributed by atoms with van der Waals surface area (Å²) in [5.74, 6) is -0.516. The first kappa shape index (κ1) is 16.3. The normalized spacial score (nSPS) is 13.6. The van der Waals surface area contributed by atoms with Gasteiger partial charge in [0.15, 0.2) is 5.65 Å². The van der Waals surface area contributed by atoms with E-state index in [1.807, 2.05) is 19.9 Å². The molecule has 2 heterocycles. The van der Waals surface area contributed by atoms with E-state index in [0.717, 1.165) is 24.2 Å². The van der Waals surface area contributed by atoms with Crippen LogP contribution in [0.2, 0.25) is 0 Å². The van der Waals surface area contributed by atoms with Crippen LogP contribution in [-0.4, -0.2) is 32.5 Å². The maximum atomic E-state index is 12.8. The summed E-state index contributed by atoms with van der Waals surface area (Å²) in [6.45, 7) is 3.78. The Morgan fingerprint density at radius 2 is 1.88 bits per heavy atom. The van der Waals surface area contributed by atoms with E-state index in [1.165, 1.54) is 6.20 Å². The first-order valence-corrected chi connectivity index (χ1v) is 8.56. The van der Waals surface area contributed by atoms with Crippen molar-refractivity contribution in [2.24, 2.45) is 0 Å². The van der Waals surface area contributed by atoms with E-state index in [4.69, 9.17) is 0 Å². The fourth-order valence-electron chi connectivity index (χ4n) is 2.90. The van der Waals surface area contributed by atoms with Crippen molar-refractivity contribution in [3.63, 3.8) is 0 Å². The van der Waals surface area contributed by atoms with Crippen molar-refractivity contribution in [2.75, 3.05) is 5.32 Å². The van der Waals surface area contributed by atoms with Gasteiger partial charge in [0.2, 0.25) is 0 Å². The van der Waals surface area contributed by atoms with Crippen LogP contribution in [0, 0.1) is 13.8 Å². The van der Waals surface area contributed by atoms with Crippen LogP contribution in [-0.2, 0) is 0 Å². The van der Waals surface area contributed by atoms with Crippen LogP contribution in [0.25, 0.3) is 5.65 Å². The third-order valence-electron chi connectivity index (χ3n) is 4.36. The highest BCUT2D eigenvalue weighted by atomic mass is 16.2. The molecule has 7 heteroatoms. The highest BCUT2D eigenvalue weighted by Crippen LogP contribution is 2.22. The molecule has 1 aliphatic carbocycles. The molecular formula is C19H19N5O2. The van der Waals surface area contributed by atoms with Gasteiger partial charge in [-0.3, -0.25) is 9.59 Å². The molecule has 2 amide bonds. The van der Waals surface area contributed by atoms with Crippen LogP contribution >= 0.6 is 0 Å². The Balaban J connectivity index is 1.64. The monoisotopic (exact) mass is 349 g/mol. The van der Waals surface area contributed by atoms with Crippen LogP contribution in [0.3, 0.4) is 0 Å². The van der Waals surface area contributed by atoms with E-state index in [0.29, 0.717) is 22.5 Å². The van der Waals surface area contributed by atoms with Gasteiger partial charge in [-0.1, -0.05) is 12.1 Å². The molecule has 1 saturated carbocycles. The third kappa shape index (κ3) is 3.03. The van der Waals surface area contributed by atoms with E-state index < -0.39 is 0 Å². The third-order valence-corrected chi connectivity index (χ3v) is 4.36. The number of amides is 2. The van der Waals surface area contributed by atoms with Crippen molar-refractivity contribution in [1.29, 1.82) is 0 Å². The molecule has 1 aromatic carbocycles. The van der Waals surface area contributed by atoms with Crippen LogP contribution in [0.1, 0.15) is 44.9 Å². The summed E-state index contributed by atoms with van der Waals surface area (Å²) in [6, 6.07) is 9.14. The zero-order valence-electron chi connectivity index (χ0n) is 14.6. The topological polar surface area (TPSA) is 88.4 Å². The van der Waals surface area contributed by atoms with E-state index in [-0.39, 0.29) is 17.9 Å². The number of carbonyl (C=O) groups is 2. The van der Waals surface area contributed by atoms with Gasteiger partial charge in [-0.05, 0) is 44.9 Å². The molecule has 3 aromatic rings. The van der Waals surface area contributed by atoms with E-state index in [1.54, 1.807) is 28.8 Å². The summed E-state index contributed by atoms with van der Waals surface area (Å²) in [5.41, 5.74) is 3.50. The SMILES string of the molecule is Cc1cc(C)n2ncc(C(=O)Nc3ccccc3C(=O)NC3CC3)c2n1. The second-order valence-corrected chi connectivity index (χ2v) is 6.58. The summed E-state index contributed by atoms with van der Waals surface area (Å²) in [6.07, 6.45) is 3.51. The molecule has 2 N–H and O–H groups in total. The number of nitrogens with zero attached hydrogens (tertiary/aromatic N) is 3. The van der Waals surface area contributed by atoms with Crippen molar-refractivity contribution in [3.8, 4) is 0 Å². The second-order valence-electron chi connectivity index (χ2n) is 6.58. The van der Waals surface area contributed by atoms with E-state index >= 15 is 0 Å². The van der Waals surface area contributed by atoms with Gasteiger partial charge in [-0.15, -0.1) is 0 Å². The van der Waals surface area contributed by atoms with Gasteiger partial charge in [-0.2, -0.15) is 5.10 Å². The maximum absolute atomic E-state index is 12.8. The zero-order valence-corrected chi connectivity index (χ0v) is 14.6. The Labute approximate surface area is 150 Å². The number of fused-ring (bicyclic) bond motifs is 1. The van der Waals surface area contributed by atoms with Crippen molar-refractivity contribution in [2.45, 2.75) is 32.7 Å². The molecule has 2 aromatic heterocycles. The van der Waals surface area contributed by atoms with Crippen LogP contribution in [0.4, 0.5) is 5.69 Å². The highest BCUT2D eigenvalue weighted by Gasteiger charge is 2.25. The highest BCUT2D eigenvalue weighted by molar-refractivity contribution is 6.11. The number of carbonyl (C=O) groups excluding carboxylic acids is 2. The Bertz CT molecular complexity index is 1020. The standard InChI is InChI=1S/C19H19N5O2/c1-11-9-12(2)24-17(21-11)15(10-20-24)19(26)23-16-6-4-3-5-14(16)18(25)22-13-7-8-13/h3-6,9-10,13H,7-8H2,1-2H3,(H,22,25)(H,23,26). The van der Waals surface area contributed by atoms with Crippen LogP contribution in [0.5, 0.6) is 0 Å². The molecule has 132 valence electrons. The van der Waals surface area contributed by atoms with Gasteiger partial charge in [-0.25, -0.2) is 9.50 Å². The lowest BCUT2D eigenvalue weighted by Gasteiger charge is -2.10. The van der Waals surface area contributed by atoms with Crippen molar-refractivity contribution < 1.29 is 9.59 Å². The zero-order chi connectivity index (χ0) is 18.3. The smallest absolute Gasteiger partial charge is 0.261 e. The van der Waals surface area contributed by atoms with Crippen molar-refractivity contribution in [1.82, 2.24) is 19.9 Å². The largest absolute Gasteiger partial charge is 0.349 e. The maximum Gasteiger partial charge on any atom is 0.261 e. The predicted octanol–water partition coefficient (Wildman–Crippen LogP) is 2.49. The van der Waals surface area contributed by atoms with Crippen LogP contribution < -0.4 is 10.6 Å². The molecule has 0 saturated heterocycles.